The predicted molar refractivity (Wildman–Crippen MR) is 76.6 cm³/mol. The van der Waals surface area contributed by atoms with E-state index in [9.17, 15) is 18.0 Å². The Labute approximate surface area is 126 Å². The Balaban J connectivity index is 0.00000191. The minimum absolute atomic E-state index is 0.255. The van der Waals surface area contributed by atoms with E-state index in [2.05, 4.69) is 0 Å². The van der Waals surface area contributed by atoms with Crippen molar-refractivity contribution in [3.63, 3.8) is 0 Å². The average Bonchev–Trinajstić information content (AvgIpc) is 2.40. The Hall–Kier alpha value is -1.76. The molecule has 21 heavy (non-hydrogen) atoms. The van der Waals surface area contributed by atoms with Crippen LogP contribution in [0.5, 0.6) is 0 Å². The minimum atomic E-state index is -4.42. The number of urea groups is 1. The fraction of sp³-hybridized carbons (Fsp3) is 0.385. The lowest BCUT2D eigenvalue weighted by Gasteiger charge is -2.21. The molecule has 0 saturated carbocycles. The van der Waals surface area contributed by atoms with Crippen LogP contribution in [0.4, 0.5) is 18.0 Å². The van der Waals surface area contributed by atoms with Crippen LogP contribution in [0.1, 0.15) is 25.8 Å². The number of nitrogens with zero attached hydrogens (tertiary/aromatic N) is 1. The smallest absolute Gasteiger partial charge is 0.351 e. The first-order valence-corrected chi connectivity index (χ1v) is 6.57. The summed E-state index contributed by atoms with van der Waals surface area (Å²) in [6, 6.07) is 4.68. The average molecular weight is 324 g/mol. The van der Waals surface area contributed by atoms with Crippen molar-refractivity contribution < 1.29 is 18.0 Å². The molecule has 0 heterocycles. The van der Waals surface area contributed by atoms with E-state index in [-0.39, 0.29) is 5.56 Å². The minimum Gasteiger partial charge on any atom is -0.351 e. The number of alkyl halides is 3. The topological polar surface area (TPSA) is 70.2 Å². The molecule has 118 valence electrons. The Kier molecular flexibility index (Phi) is 7.80. The van der Waals surface area contributed by atoms with Gasteiger partial charge in [-0.1, -0.05) is 25.4 Å². The highest BCUT2D eigenvalue weighted by Gasteiger charge is 2.30. The van der Waals surface area contributed by atoms with Gasteiger partial charge in [0.15, 0.2) is 0 Å². The van der Waals surface area contributed by atoms with Gasteiger partial charge in [0, 0.05) is 17.1 Å². The highest BCUT2D eigenvalue weighted by atomic mass is 35.5. The molecule has 0 bridgehead atoms. The number of benzene rings is 1. The number of nitrogens with one attached hydrogen (secondary N) is 1. The van der Waals surface area contributed by atoms with Crippen LogP contribution in [0.15, 0.2) is 24.3 Å². The van der Waals surface area contributed by atoms with Gasteiger partial charge in [-0.15, -0.1) is 0 Å². The Morgan fingerprint density at radius 3 is 2.14 bits per heavy atom. The molecule has 0 atom stereocenters. The number of rotatable bonds is 3. The van der Waals surface area contributed by atoms with Gasteiger partial charge in [0.1, 0.15) is 5.84 Å². The first-order chi connectivity index (χ1) is 9.70. The molecule has 8 heteroatoms. The standard InChI is InChI=1S/C11H11ClF3N3O.C2H6/c12-8-3-1-7(2-4-8)9(16)18(10(17)19)6-5-11(13,14)15;1-2/h1-4,16H,5-6H2,(H2,17,19);1-2H3. The molecule has 4 nitrogen and oxygen atoms in total. The molecule has 0 spiro atoms. The third kappa shape index (κ3) is 6.99. The summed E-state index contributed by atoms with van der Waals surface area (Å²) in [5.74, 6) is -0.395. The molecule has 1 rings (SSSR count). The molecule has 1 aromatic rings. The van der Waals surface area contributed by atoms with Gasteiger partial charge in [-0.3, -0.25) is 10.3 Å². The van der Waals surface area contributed by atoms with Gasteiger partial charge in [-0.25, -0.2) is 4.79 Å². The van der Waals surface area contributed by atoms with Crippen LogP contribution >= 0.6 is 11.6 Å². The summed E-state index contributed by atoms with van der Waals surface area (Å²) in [4.78, 5) is 11.7. The second-order valence-corrected chi connectivity index (χ2v) is 4.15. The lowest BCUT2D eigenvalue weighted by Crippen LogP contribution is -2.42. The molecule has 1 aromatic carbocycles. The van der Waals surface area contributed by atoms with Crippen molar-refractivity contribution in [3.8, 4) is 0 Å². The summed E-state index contributed by atoms with van der Waals surface area (Å²) >= 11 is 5.65. The number of nitrogens with two attached hydrogens (primary N) is 1. The Morgan fingerprint density at radius 2 is 1.76 bits per heavy atom. The van der Waals surface area contributed by atoms with Crippen LogP contribution < -0.4 is 5.73 Å². The zero-order chi connectivity index (χ0) is 16.6. The molecule has 2 amide bonds. The summed E-state index contributed by atoms with van der Waals surface area (Å²) in [6.07, 6.45) is -5.65. The van der Waals surface area contributed by atoms with Crippen molar-refractivity contribution >= 4 is 23.5 Å². The van der Waals surface area contributed by atoms with Crippen LogP contribution in [-0.2, 0) is 0 Å². The van der Waals surface area contributed by atoms with Gasteiger partial charge in [0.2, 0.25) is 0 Å². The maximum atomic E-state index is 12.1. The van der Waals surface area contributed by atoms with Crippen molar-refractivity contribution in [2.45, 2.75) is 26.4 Å². The third-order valence-corrected chi connectivity index (χ3v) is 2.52. The maximum Gasteiger partial charge on any atom is 0.390 e. The Morgan fingerprint density at radius 1 is 1.29 bits per heavy atom. The molecule has 0 radical (unpaired) electrons. The number of carbonyl (C=O) groups is 1. The predicted octanol–water partition coefficient (Wildman–Crippen LogP) is 4.02. The van der Waals surface area contributed by atoms with E-state index in [0.717, 1.165) is 0 Å². The molecule has 0 saturated heterocycles. The molecule has 0 aliphatic heterocycles. The second-order valence-electron chi connectivity index (χ2n) is 3.71. The number of amidine groups is 1. The van der Waals surface area contributed by atoms with Crippen LogP contribution in [0.25, 0.3) is 0 Å². The first-order valence-electron chi connectivity index (χ1n) is 6.19. The fourth-order valence-electron chi connectivity index (χ4n) is 1.33. The van der Waals surface area contributed by atoms with Crippen LogP contribution in [-0.4, -0.2) is 29.5 Å². The largest absolute Gasteiger partial charge is 0.390 e. The van der Waals surface area contributed by atoms with E-state index >= 15 is 0 Å². The lowest BCUT2D eigenvalue weighted by atomic mass is 10.2. The number of hydrogen-bond donors (Lipinski definition) is 2. The van der Waals surface area contributed by atoms with Crippen molar-refractivity contribution in [2.24, 2.45) is 5.73 Å². The van der Waals surface area contributed by atoms with Crippen molar-refractivity contribution in [2.75, 3.05) is 6.54 Å². The van der Waals surface area contributed by atoms with Crippen molar-refractivity contribution in [1.82, 2.24) is 4.90 Å². The monoisotopic (exact) mass is 323 g/mol. The lowest BCUT2D eigenvalue weighted by molar-refractivity contribution is -0.135. The number of hydrogen-bond acceptors (Lipinski definition) is 2. The van der Waals surface area contributed by atoms with Gasteiger partial charge in [-0.2, -0.15) is 13.2 Å². The summed E-state index contributed by atoms with van der Waals surface area (Å²) in [7, 11) is 0. The van der Waals surface area contributed by atoms with E-state index < -0.39 is 31.0 Å². The first kappa shape index (κ1) is 19.2. The van der Waals surface area contributed by atoms with Crippen molar-refractivity contribution in [1.29, 1.82) is 5.41 Å². The second kappa shape index (κ2) is 8.51. The molecular weight excluding hydrogens is 307 g/mol. The molecule has 0 aliphatic carbocycles. The zero-order valence-corrected chi connectivity index (χ0v) is 12.4. The molecular formula is C13H17ClF3N3O. The van der Waals surface area contributed by atoms with Crippen LogP contribution in [0.3, 0.4) is 0 Å². The van der Waals surface area contributed by atoms with Gasteiger partial charge in [0.25, 0.3) is 0 Å². The van der Waals surface area contributed by atoms with Gasteiger partial charge in [-0.05, 0) is 24.3 Å². The maximum absolute atomic E-state index is 12.1. The molecule has 0 fully saturated rings. The summed E-state index contributed by atoms with van der Waals surface area (Å²) in [5, 5.41) is 8.12. The zero-order valence-electron chi connectivity index (χ0n) is 11.7. The summed E-state index contributed by atoms with van der Waals surface area (Å²) in [5.41, 5.74) is 5.24. The van der Waals surface area contributed by atoms with E-state index in [1.165, 1.54) is 24.3 Å². The molecule has 3 N–H and O–H groups in total. The van der Waals surface area contributed by atoms with Gasteiger partial charge >= 0.3 is 12.2 Å². The van der Waals surface area contributed by atoms with Gasteiger partial charge < -0.3 is 5.73 Å². The number of carbonyl (C=O) groups excluding carboxylic acids is 1. The normalized spacial score (nSPS) is 10.4. The highest BCUT2D eigenvalue weighted by molar-refractivity contribution is 6.30. The van der Waals surface area contributed by atoms with E-state index in [1.54, 1.807) is 0 Å². The van der Waals surface area contributed by atoms with Gasteiger partial charge in [0.05, 0.1) is 6.42 Å². The van der Waals surface area contributed by atoms with Crippen molar-refractivity contribution in [3.05, 3.63) is 34.9 Å². The fourth-order valence-corrected chi connectivity index (χ4v) is 1.46. The van der Waals surface area contributed by atoms with E-state index in [4.69, 9.17) is 22.7 Å². The summed E-state index contributed by atoms with van der Waals surface area (Å²) < 4.78 is 36.4. The van der Waals surface area contributed by atoms with E-state index in [1.807, 2.05) is 13.8 Å². The Bertz CT molecular complexity index is 475. The van der Waals surface area contributed by atoms with E-state index in [0.29, 0.717) is 9.92 Å². The van der Waals surface area contributed by atoms with Crippen LogP contribution in [0.2, 0.25) is 5.02 Å². The quantitative estimate of drug-likeness (QED) is 0.640. The molecule has 0 unspecified atom stereocenters. The molecule has 0 aromatic heterocycles. The summed E-state index contributed by atoms with van der Waals surface area (Å²) in [6.45, 7) is 3.31. The number of primary amides is 1. The third-order valence-electron chi connectivity index (χ3n) is 2.27. The van der Waals surface area contributed by atoms with Crippen LogP contribution in [0, 0.1) is 5.41 Å². The SMILES string of the molecule is CC.N=C(c1ccc(Cl)cc1)N(CCC(F)(F)F)C(N)=O. The number of halogens is 4. The molecule has 0 aliphatic rings. The highest BCUT2D eigenvalue weighted by Crippen LogP contribution is 2.20. The number of amides is 2.